The molecule has 1 rings (SSSR count). The molecule has 0 radical (unpaired) electrons. The fourth-order valence-electron chi connectivity index (χ4n) is 1.50. The molecule has 3 N–H and O–H groups in total. The van der Waals surface area contributed by atoms with Crippen molar-refractivity contribution in [2.75, 3.05) is 5.75 Å². The molecule has 0 aliphatic carbocycles. The van der Waals surface area contributed by atoms with Gasteiger partial charge in [-0.15, -0.1) is 0 Å². The van der Waals surface area contributed by atoms with Crippen molar-refractivity contribution in [2.45, 2.75) is 25.6 Å². The average Bonchev–Trinajstić information content (AvgIpc) is 2.32. The van der Waals surface area contributed by atoms with Crippen molar-refractivity contribution in [3.8, 4) is 5.75 Å². The summed E-state index contributed by atoms with van der Waals surface area (Å²) in [5.41, 5.74) is -0.176. The highest BCUT2D eigenvalue weighted by atomic mass is 35.5. The highest BCUT2D eigenvalue weighted by Crippen LogP contribution is 2.34. The summed E-state index contributed by atoms with van der Waals surface area (Å²) in [7, 11) is 0. The molecule has 7 heteroatoms. The fourth-order valence-corrected chi connectivity index (χ4v) is 2.36. The average molecular weight is 309 g/mol. The molecular formula is C12H14ClFO4S. The first-order chi connectivity index (χ1) is 8.82. The summed E-state index contributed by atoms with van der Waals surface area (Å²) in [4.78, 5) is 10.7. The first kappa shape index (κ1) is 16.2. The summed E-state index contributed by atoms with van der Waals surface area (Å²) in [5, 5.41) is 28.9. The van der Waals surface area contributed by atoms with Crippen LogP contribution in [0.3, 0.4) is 0 Å². The normalized spacial score (nSPS) is 14.2. The van der Waals surface area contributed by atoms with Crippen LogP contribution in [-0.4, -0.2) is 32.3 Å². The number of phenols is 1. The smallest absolute Gasteiger partial charge is 0.185 e. The van der Waals surface area contributed by atoms with Gasteiger partial charge in [-0.25, -0.2) is 4.39 Å². The quantitative estimate of drug-likeness (QED) is 0.777. The number of thioether (sulfide) groups is 1. The molecule has 1 aromatic carbocycles. The van der Waals surface area contributed by atoms with E-state index in [-0.39, 0.29) is 22.1 Å². The highest BCUT2D eigenvalue weighted by molar-refractivity contribution is 8.13. The summed E-state index contributed by atoms with van der Waals surface area (Å²) in [6.45, 7) is 1.39. The van der Waals surface area contributed by atoms with Gasteiger partial charge in [-0.1, -0.05) is 23.4 Å². The number of aliphatic hydroxyl groups excluding tert-OH is 2. The lowest BCUT2D eigenvalue weighted by Crippen LogP contribution is -2.19. The molecular weight excluding hydrogens is 295 g/mol. The van der Waals surface area contributed by atoms with Crippen LogP contribution in [0.4, 0.5) is 4.39 Å². The predicted molar refractivity (Wildman–Crippen MR) is 71.8 cm³/mol. The molecule has 2 atom stereocenters. The van der Waals surface area contributed by atoms with Crippen LogP contribution in [0.1, 0.15) is 25.0 Å². The van der Waals surface area contributed by atoms with Gasteiger partial charge in [0.05, 0.1) is 11.1 Å². The first-order valence-electron chi connectivity index (χ1n) is 5.50. The number of hydrogen-bond donors (Lipinski definition) is 3. The molecule has 0 saturated heterocycles. The minimum Gasteiger partial charge on any atom is -0.506 e. The van der Waals surface area contributed by atoms with Gasteiger partial charge in [0.15, 0.2) is 5.12 Å². The second kappa shape index (κ2) is 7.09. The number of aromatic hydroxyl groups is 1. The number of halogens is 2. The van der Waals surface area contributed by atoms with Crippen LogP contribution < -0.4 is 0 Å². The second-order valence-electron chi connectivity index (χ2n) is 3.97. The van der Waals surface area contributed by atoms with Gasteiger partial charge in [-0.3, -0.25) is 4.79 Å². The number of benzene rings is 1. The van der Waals surface area contributed by atoms with Crippen LogP contribution in [0.25, 0.3) is 0 Å². The van der Waals surface area contributed by atoms with Crippen LogP contribution >= 0.6 is 23.4 Å². The van der Waals surface area contributed by atoms with Crippen LogP contribution in [0.15, 0.2) is 12.1 Å². The topological polar surface area (TPSA) is 77.8 Å². The van der Waals surface area contributed by atoms with Crippen molar-refractivity contribution < 1.29 is 24.5 Å². The van der Waals surface area contributed by atoms with Crippen molar-refractivity contribution in [2.24, 2.45) is 0 Å². The Morgan fingerprint density at radius 2 is 2.11 bits per heavy atom. The molecule has 0 aliphatic rings. The van der Waals surface area contributed by atoms with E-state index in [2.05, 4.69) is 0 Å². The van der Waals surface area contributed by atoms with Crippen molar-refractivity contribution in [1.29, 1.82) is 0 Å². The van der Waals surface area contributed by atoms with E-state index in [0.29, 0.717) is 5.75 Å². The SMILES string of the molecule is CC(=O)SCCC(O)C(O)c1cc(F)cc(Cl)c1O. The van der Waals surface area contributed by atoms with Crippen LogP contribution in [0.5, 0.6) is 5.75 Å². The standard InChI is InChI=1S/C12H14ClFO4S/c1-6(15)19-3-2-10(16)12(18)8-4-7(14)5-9(13)11(8)17/h4-5,10,12,16-18H,2-3H2,1H3. The predicted octanol–water partition coefficient (Wildman–Crippen LogP) is 2.25. The molecule has 1 aromatic rings. The van der Waals surface area contributed by atoms with E-state index in [1.54, 1.807) is 0 Å². The summed E-state index contributed by atoms with van der Waals surface area (Å²) in [6.07, 6.45) is -2.57. The molecule has 0 bridgehead atoms. The van der Waals surface area contributed by atoms with E-state index >= 15 is 0 Å². The molecule has 19 heavy (non-hydrogen) atoms. The summed E-state index contributed by atoms with van der Waals surface area (Å²) >= 11 is 6.59. The maximum absolute atomic E-state index is 13.2. The lowest BCUT2D eigenvalue weighted by molar-refractivity contribution is -0.109. The van der Waals surface area contributed by atoms with Crippen molar-refractivity contribution in [3.63, 3.8) is 0 Å². The summed E-state index contributed by atoms with van der Waals surface area (Å²) in [5.74, 6) is -0.867. The third-order valence-corrected chi connectivity index (χ3v) is 3.59. The molecule has 0 spiro atoms. The maximum atomic E-state index is 13.2. The van der Waals surface area contributed by atoms with Crippen molar-refractivity contribution >= 4 is 28.5 Å². The number of carbonyl (C=O) groups is 1. The molecule has 4 nitrogen and oxygen atoms in total. The van der Waals surface area contributed by atoms with Gasteiger partial charge in [0, 0.05) is 18.2 Å². The minimum absolute atomic E-state index is 0.0988. The van der Waals surface area contributed by atoms with Crippen molar-refractivity contribution in [1.82, 2.24) is 0 Å². The Hall–Kier alpha value is -0.820. The minimum atomic E-state index is -1.47. The second-order valence-corrected chi connectivity index (χ2v) is 5.65. The van der Waals surface area contributed by atoms with E-state index in [1.807, 2.05) is 0 Å². The molecule has 0 heterocycles. The zero-order valence-corrected chi connectivity index (χ0v) is 11.7. The van der Waals surface area contributed by atoms with Crippen LogP contribution in [0, 0.1) is 5.82 Å². The number of hydrogen-bond acceptors (Lipinski definition) is 5. The van der Waals surface area contributed by atoms with Gasteiger partial charge >= 0.3 is 0 Å². The summed E-state index contributed by atoms with van der Waals surface area (Å²) < 4.78 is 13.2. The highest BCUT2D eigenvalue weighted by Gasteiger charge is 2.23. The van der Waals surface area contributed by atoms with Gasteiger partial charge in [0.1, 0.15) is 17.7 Å². The van der Waals surface area contributed by atoms with Crippen LogP contribution in [0.2, 0.25) is 5.02 Å². The van der Waals surface area contributed by atoms with Gasteiger partial charge in [0.25, 0.3) is 0 Å². The van der Waals surface area contributed by atoms with Crippen LogP contribution in [-0.2, 0) is 4.79 Å². The Labute approximate surface area is 119 Å². The Balaban J connectivity index is 2.76. The lowest BCUT2D eigenvalue weighted by Gasteiger charge is -2.19. The Morgan fingerprint density at radius 3 is 2.68 bits per heavy atom. The zero-order chi connectivity index (χ0) is 14.6. The van der Waals surface area contributed by atoms with E-state index < -0.39 is 23.8 Å². The van der Waals surface area contributed by atoms with Crippen molar-refractivity contribution in [3.05, 3.63) is 28.5 Å². The number of carbonyl (C=O) groups excluding carboxylic acids is 1. The molecule has 0 aromatic heterocycles. The number of aliphatic hydroxyl groups is 2. The molecule has 2 unspecified atom stereocenters. The number of rotatable bonds is 5. The molecule has 0 aliphatic heterocycles. The largest absolute Gasteiger partial charge is 0.506 e. The first-order valence-corrected chi connectivity index (χ1v) is 6.86. The molecule has 0 saturated carbocycles. The Kier molecular flexibility index (Phi) is 6.06. The van der Waals surface area contributed by atoms with E-state index in [1.165, 1.54) is 6.92 Å². The number of phenolic OH excluding ortho intramolecular Hbond substituents is 1. The summed E-state index contributed by atoms with van der Waals surface area (Å²) in [6, 6.07) is 1.82. The monoisotopic (exact) mass is 308 g/mol. The Morgan fingerprint density at radius 1 is 1.47 bits per heavy atom. The van der Waals surface area contributed by atoms with Gasteiger partial charge < -0.3 is 15.3 Å². The Bertz CT molecular complexity index is 469. The third kappa shape index (κ3) is 4.65. The lowest BCUT2D eigenvalue weighted by atomic mass is 10.0. The van der Waals surface area contributed by atoms with E-state index in [0.717, 1.165) is 23.9 Å². The third-order valence-electron chi connectivity index (χ3n) is 2.46. The molecule has 106 valence electrons. The van der Waals surface area contributed by atoms with Gasteiger partial charge in [-0.05, 0) is 18.6 Å². The van der Waals surface area contributed by atoms with E-state index in [9.17, 15) is 24.5 Å². The zero-order valence-electron chi connectivity index (χ0n) is 10.1. The maximum Gasteiger partial charge on any atom is 0.185 e. The van der Waals surface area contributed by atoms with Gasteiger partial charge in [-0.2, -0.15) is 0 Å². The molecule has 0 fully saturated rings. The van der Waals surface area contributed by atoms with E-state index in [4.69, 9.17) is 11.6 Å². The fraction of sp³-hybridized carbons (Fsp3) is 0.417. The van der Waals surface area contributed by atoms with Gasteiger partial charge in [0.2, 0.25) is 0 Å². The molecule has 0 amide bonds.